The van der Waals surface area contributed by atoms with Crippen molar-refractivity contribution in [3.8, 4) is 0 Å². The van der Waals surface area contributed by atoms with E-state index in [-0.39, 0.29) is 11.8 Å². The lowest BCUT2D eigenvalue weighted by atomic mass is 9.89. The van der Waals surface area contributed by atoms with Gasteiger partial charge in [0.2, 0.25) is 0 Å². The molecule has 3 rings (SSSR count). The molecule has 1 aromatic heterocycles. The zero-order valence-electron chi connectivity index (χ0n) is 17.5. The number of amides is 1. The number of ketones is 1. The Kier molecular flexibility index (Phi) is 7.46. The second-order valence-corrected chi connectivity index (χ2v) is 8.81. The summed E-state index contributed by atoms with van der Waals surface area (Å²) >= 11 is 0. The molecule has 2 aliphatic heterocycles. The minimum absolute atomic E-state index is 0.00614. The zero-order chi connectivity index (χ0) is 19.9. The van der Waals surface area contributed by atoms with Gasteiger partial charge in [0.15, 0.2) is 0 Å². The molecule has 0 aliphatic carbocycles. The van der Waals surface area contributed by atoms with Crippen LogP contribution in [0.15, 0.2) is 18.3 Å². The van der Waals surface area contributed by atoms with Gasteiger partial charge < -0.3 is 9.80 Å². The quantitative estimate of drug-likeness (QED) is 0.757. The first-order chi connectivity index (χ1) is 13.5. The number of anilines is 1. The molecule has 0 N–H and O–H groups in total. The molecule has 0 spiro atoms. The third-order valence-electron chi connectivity index (χ3n) is 5.95. The lowest BCUT2D eigenvalue weighted by Gasteiger charge is -2.32. The molecule has 1 unspecified atom stereocenters. The molecular weight excluding hydrogens is 350 g/mol. The highest BCUT2D eigenvalue weighted by atomic mass is 16.2. The summed E-state index contributed by atoms with van der Waals surface area (Å²) in [5.74, 6) is 1.65. The molecule has 5 heteroatoms. The Morgan fingerprint density at radius 3 is 2.39 bits per heavy atom. The molecule has 154 valence electrons. The Balaban J connectivity index is 1.61. The maximum atomic E-state index is 12.9. The largest absolute Gasteiger partial charge is 0.357 e. The smallest absolute Gasteiger partial charge is 0.255 e. The number of carbonyl (C=O) groups excluding carboxylic acids is 2. The second kappa shape index (κ2) is 10.0. The van der Waals surface area contributed by atoms with Gasteiger partial charge in [-0.05, 0) is 43.7 Å². The topological polar surface area (TPSA) is 53.5 Å². The summed E-state index contributed by atoms with van der Waals surface area (Å²) < 4.78 is 0. The Morgan fingerprint density at radius 2 is 1.75 bits per heavy atom. The van der Waals surface area contributed by atoms with Crippen LogP contribution in [0.4, 0.5) is 5.82 Å². The van der Waals surface area contributed by atoms with Crippen molar-refractivity contribution in [2.45, 2.75) is 65.2 Å². The van der Waals surface area contributed by atoms with Crippen LogP contribution in [-0.2, 0) is 4.79 Å². The van der Waals surface area contributed by atoms with Gasteiger partial charge in [0.25, 0.3) is 5.91 Å². The van der Waals surface area contributed by atoms with Gasteiger partial charge in [0.05, 0.1) is 5.56 Å². The number of Topliss-reactive ketones (excluding diaryl/α,β-unsaturated/α-hetero) is 1. The minimum atomic E-state index is -0.00614. The molecule has 0 aromatic carbocycles. The molecule has 0 radical (unpaired) electrons. The summed E-state index contributed by atoms with van der Waals surface area (Å²) in [7, 11) is 0. The molecule has 28 heavy (non-hydrogen) atoms. The first kappa shape index (κ1) is 20.8. The predicted molar refractivity (Wildman–Crippen MR) is 113 cm³/mol. The van der Waals surface area contributed by atoms with Crippen molar-refractivity contribution in [1.82, 2.24) is 9.88 Å². The SMILES string of the molecule is CC(C)CC(=O)C1CCCN(C(=O)c2ccc(N3CCCCCCC3)nc2)C1. The normalized spacial score (nSPS) is 21.3. The van der Waals surface area contributed by atoms with E-state index < -0.39 is 0 Å². The molecule has 2 saturated heterocycles. The van der Waals surface area contributed by atoms with Crippen LogP contribution in [0.5, 0.6) is 0 Å². The lowest BCUT2D eigenvalue weighted by molar-refractivity contribution is -0.124. The van der Waals surface area contributed by atoms with Crippen molar-refractivity contribution in [3.05, 3.63) is 23.9 Å². The molecular formula is C23H35N3O2. The van der Waals surface area contributed by atoms with Gasteiger partial charge in [0.1, 0.15) is 11.6 Å². The van der Waals surface area contributed by atoms with E-state index in [0.717, 1.165) is 38.3 Å². The highest BCUT2D eigenvalue weighted by Gasteiger charge is 2.29. The van der Waals surface area contributed by atoms with Crippen LogP contribution >= 0.6 is 0 Å². The fraction of sp³-hybridized carbons (Fsp3) is 0.696. The van der Waals surface area contributed by atoms with E-state index in [1.165, 1.54) is 32.1 Å². The van der Waals surface area contributed by atoms with E-state index in [1.54, 1.807) is 6.20 Å². The van der Waals surface area contributed by atoms with Gasteiger partial charge in [-0.15, -0.1) is 0 Å². The second-order valence-electron chi connectivity index (χ2n) is 8.81. The van der Waals surface area contributed by atoms with E-state index in [9.17, 15) is 9.59 Å². The van der Waals surface area contributed by atoms with Crippen molar-refractivity contribution in [1.29, 1.82) is 0 Å². The van der Waals surface area contributed by atoms with E-state index in [0.29, 0.717) is 30.2 Å². The Labute approximate surface area is 169 Å². The molecule has 1 aromatic rings. The number of hydrogen-bond donors (Lipinski definition) is 0. The number of rotatable bonds is 5. The highest BCUT2D eigenvalue weighted by Crippen LogP contribution is 2.23. The van der Waals surface area contributed by atoms with Crippen molar-refractivity contribution in [2.75, 3.05) is 31.1 Å². The van der Waals surface area contributed by atoms with Gasteiger partial charge in [0, 0.05) is 44.7 Å². The fourth-order valence-electron chi connectivity index (χ4n) is 4.35. The van der Waals surface area contributed by atoms with Crippen molar-refractivity contribution in [3.63, 3.8) is 0 Å². The standard InChI is InChI=1S/C23H35N3O2/c1-18(2)15-21(27)20-9-8-14-26(17-20)23(28)19-10-11-22(24-16-19)25-12-6-4-3-5-7-13-25/h10-11,16,18,20H,3-9,12-15,17H2,1-2H3. The molecule has 1 atom stereocenters. The first-order valence-corrected chi connectivity index (χ1v) is 11.1. The van der Waals surface area contributed by atoms with Crippen LogP contribution in [-0.4, -0.2) is 47.8 Å². The monoisotopic (exact) mass is 385 g/mol. The number of piperidine rings is 1. The van der Waals surface area contributed by atoms with Crippen LogP contribution in [0.1, 0.15) is 75.6 Å². The molecule has 0 saturated carbocycles. The lowest BCUT2D eigenvalue weighted by Crippen LogP contribution is -2.42. The van der Waals surface area contributed by atoms with E-state index in [2.05, 4.69) is 23.7 Å². The average molecular weight is 386 g/mol. The number of aromatic nitrogens is 1. The van der Waals surface area contributed by atoms with Gasteiger partial charge in [-0.1, -0.05) is 33.1 Å². The fourth-order valence-corrected chi connectivity index (χ4v) is 4.35. The van der Waals surface area contributed by atoms with Crippen LogP contribution in [0.2, 0.25) is 0 Å². The molecule has 2 fully saturated rings. The molecule has 1 amide bonds. The average Bonchev–Trinajstić information content (AvgIpc) is 2.67. The predicted octanol–water partition coefficient (Wildman–Crippen LogP) is 4.32. The third-order valence-corrected chi connectivity index (χ3v) is 5.95. The number of nitrogens with zero attached hydrogens (tertiary/aromatic N) is 3. The highest BCUT2D eigenvalue weighted by molar-refractivity contribution is 5.94. The van der Waals surface area contributed by atoms with Crippen molar-refractivity contribution < 1.29 is 9.59 Å². The van der Waals surface area contributed by atoms with Crippen LogP contribution < -0.4 is 4.90 Å². The number of pyridine rings is 1. The van der Waals surface area contributed by atoms with E-state index >= 15 is 0 Å². The van der Waals surface area contributed by atoms with Gasteiger partial charge in [-0.25, -0.2) is 4.98 Å². The molecule has 2 aliphatic rings. The number of likely N-dealkylation sites (tertiary alicyclic amines) is 1. The molecule has 3 heterocycles. The number of hydrogen-bond acceptors (Lipinski definition) is 4. The molecule has 0 bridgehead atoms. The van der Waals surface area contributed by atoms with Gasteiger partial charge >= 0.3 is 0 Å². The maximum absolute atomic E-state index is 12.9. The minimum Gasteiger partial charge on any atom is -0.357 e. The van der Waals surface area contributed by atoms with Crippen LogP contribution in [0.3, 0.4) is 0 Å². The summed E-state index contributed by atoms with van der Waals surface area (Å²) in [5.41, 5.74) is 0.632. The summed E-state index contributed by atoms with van der Waals surface area (Å²) in [6.07, 6.45) is 10.5. The van der Waals surface area contributed by atoms with Crippen molar-refractivity contribution in [2.24, 2.45) is 11.8 Å². The van der Waals surface area contributed by atoms with Crippen LogP contribution in [0, 0.1) is 11.8 Å². The zero-order valence-corrected chi connectivity index (χ0v) is 17.5. The summed E-state index contributed by atoms with van der Waals surface area (Å²) in [6.45, 7) is 7.53. The summed E-state index contributed by atoms with van der Waals surface area (Å²) in [4.78, 5) is 34.2. The number of carbonyl (C=O) groups is 2. The summed E-state index contributed by atoms with van der Waals surface area (Å²) in [5, 5.41) is 0. The summed E-state index contributed by atoms with van der Waals surface area (Å²) in [6, 6.07) is 3.89. The Morgan fingerprint density at radius 1 is 1.04 bits per heavy atom. The Hall–Kier alpha value is -1.91. The van der Waals surface area contributed by atoms with Crippen LogP contribution in [0.25, 0.3) is 0 Å². The molecule has 5 nitrogen and oxygen atoms in total. The van der Waals surface area contributed by atoms with E-state index in [4.69, 9.17) is 0 Å². The third kappa shape index (κ3) is 5.55. The van der Waals surface area contributed by atoms with Gasteiger partial charge in [-0.3, -0.25) is 9.59 Å². The first-order valence-electron chi connectivity index (χ1n) is 11.1. The van der Waals surface area contributed by atoms with Gasteiger partial charge in [-0.2, -0.15) is 0 Å². The Bertz CT molecular complexity index is 648. The maximum Gasteiger partial charge on any atom is 0.255 e. The van der Waals surface area contributed by atoms with E-state index in [1.807, 2.05) is 17.0 Å². The van der Waals surface area contributed by atoms with Crippen molar-refractivity contribution >= 4 is 17.5 Å².